The van der Waals surface area contributed by atoms with E-state index in [1.54, 1.807) is 0 Å². The van der Waals surface area contributed by atoms with Gasteiger partial charge in [0.2, 0.25) is 0 Å². The third kappa shape index (κ3) is 7.49. The van der Waals surface area contributed by atoms with Crippen LogP contribution < -0.4 is 10.6 Å². The van der Waals surface area contributed by atoms with Gasteiger partial charge >= 0.3 is 6.09 Å². The van der Waals surface area contributed by atoms with Crippen molar-refractivity contribution in [1.82, 2.24) is 15.5 Å². The van der Waals surface area contributed by atoms with Gasteiger partial charge in [0.25, 0.3) is 0 Å². The number of Topliss-reactive ketones (excluding diaryl/α,β-unsaturated/α-hetero) is 1. The van der Waals surface area contributed by atoms with Crippen LogP contribution in [0.2, 0.25) is 10.0 Å². The number of ketones is 1. The van der Waals surface area contributed by atoms with Crippen LogP contribution in [0.1, 0.15) is 17.5 Å². The zero-order valence-corrected chi connectivity index (χ0v) is 21.2. The van der Waals surface area contributed by atoms with E-state index < -0.39 is 15.9 Å². The number of carbonyl (C=O) groups excluding carboxylic acids is 1. The summed E-state index contributed by atoms with van der Waals surface area (Å²) in [6, 6.07) is 11.9. The van der Waals surface area contributed by atoms with Gasteiger partial charge in [-0.1, -0.05) is 53.5 Å². The molecule has 0 atom stereocenters. The molecule has 12 heteroatoms. The molecule has 0 bridgehead atoms. The van der Waals surface area contributed by atoms with Crippen LogP contribution in [-0.2, 0) is 21.1 Å². The number of nitrogens with zero attached hydrogens (tertiary/aromatic N) is 2. The predicted octanol–water partition coefficient (Wildman–Crippen LogP) is 2.85. The number of carbonyl (C=O) groups is 2. The highest BCUT2D eigenvalue weighted by molar-refractivity contribution is 7.91. The molecule has 0 saturated heterocycles. The van der Waals surface area contributed by atoms with Crippen LogP contribution in [0.15, 0.2) is 52.4 Å². The molecule has 0 radical (unpaired) electrons. The second-order valence-corrected chi connectivity index (χ2v) is 10.6. The Morgan fingerprint density at radius 2 is 1.80 bits per heavy atom. The molecule has 1 heterocycles. The van der Waals surface area contributed by atoms with E-state index in [2.05, 4.69) is 15.6 Å². The highest BCUT2D eigenvalue weighted by Crippen LogP contribution is 2.29. The lowest BCUT2D eigenvalue weighted by Crippen LogP contribution is -2.33. The van der Waals surface area contributed by atoms with E-state index in [0.717, 1.165) is 11.1 Å². The van der Waals surface area contributed by atoms with E-state index in [-0.39, 0.29) is 46.1 Å². The van der Waals surface area contributed by atoms with Crippen molar-refractivity contribution in [2.45, 2.75) is 17.7 Å². The van der Waals surface area contributed by atoms with Crippen molar-refractivity contribution in [1.29, 1.82) is 0 Å². The molecular formula is C23H26Cl2N4O5S. The molecule has 188 valence electrons. The molecule has 9 nitrogen and oxygen atoms in total. The fraction of sp³-hybridized carbons (Fsp3) is 0.348. The van der Waals surface area contributed by atoms with E-state index in [1.165, 1.54) is 23.1 Å². The molecule has 0 unspecified atom stereocenters. The zero-order valence-electron chi connectivity index (χ0n) is 18.8. The van der Waals surface area contributed by atoms with E-state index >= 15 is 0 Å². The lowest BCUT2D eigenvalue weighted by molar-refractivity contribution is -0.118. The molecule has 0 aromatic heterocycles. The molecule has 2 aromatic rings. The first-order chi connectivity index (χ1) is 16.7. The number of amides is 1. The van der Waals surface area contributed by atoms with E-state index in [4.69, 9.17) is 23.2 Å². The number of nitrogens with one attached hydrogen (secondary N) is 2. The van der Waals surface area contributed by atoms with Gasteiger partial charge in [-0.2, -0.15) is 0 Å². The number of benzene rings is 2. The van der Waals surface area contributed by atoms with E-state index in [0.29, 0.717) is 31.9 Å². The molecule has 1 amide bonds. The summed E-state index contributed by atoms with van der Waals surface area (Å²) in [5.41, 5.74) is 1.80. The Morgan fingerprint density at radius 3 is 2.51 bits per heavy atom. The summed E-state index contributed by atoms with van der Waals surface area (Å²) in [7, 11) is -3.67. The van der Waals surface area contributed by atoms with Gasteiger partial charge in [0.05, 0.1) is 34.6 Å². The summed E-state index contributed by atoms with van der Waals surface area (Å²) in [5.74, 6) is 0.0735. The normalized spacial score (nSPS) is 13.7. The molecule has 2 aromatic carbocycles. The number of amidine groups is 1. The molecule has 1 aliphatic rings. The maximum absolute atomic E-state index is 12.4. The molecule has 3 N–H and O–H groups in total. The van der Waals surface area contributed by atoms with Gasteiger partial charge in [-0.15, -0.1) is 0 Å². The summed E-state index contributed by atoms with van der Waals surface area (Å²) in [6.07, 6.45) is -0.135. The topological polar surface area (TPSA) is 128 Å². The van der Waals surface area contributed by atoms with Gasteiger partial charge in [0.1, 0.15) is 17.5 Å². The van der Waals surface area contributed by atoms with Crippen LogP contribution in [0, 0.1) is 0 Å². The van der Waals surface area contributed by atoms with Crippen LogP contribution in [0.5, 0.6) is 0 Å². The lowest BCUT2D eigenvalue weighted by Gasteiger charge is -2.14. The molecule has 0 spiro atoms. The molecule has 0 saturated carbocycles. The average Bonchev–Trinajstić information content (AvgIpc) is 3.32. The van der Waals surface area contributed by atoms with Crippen LogP contribution in [0.25, 0.3) is 0 Å². The second-order valence-electron chi connectivity index (χ2n) is 7.86. The standard InChI is InChI=1S/C23H26Cl2N4O5S/c24-19-2-1-3-20(21(19)25)35(33,34)15-27-11-9-18(30)14-26-10-8-16-4-6-17(7-5-16)22-28-12-13-29(22)23(31)32/h1-7,26-27H,8-15H2,(H,31,32). The molecule has 35 heavy (non-hydrogen) atoms. The predicted molar refractivity (Wildman–Crippen MR) is 135 cm³/mol. The largest absolute Gasteiger partial charge is 0.465 e. The second kappa shape index (κ2) is 12.5. The molecule has 0 aliphatic carbocycles. The Bertz CT molecular complexity index is 1200. The smallest absolute Gasteiger partial charge is 0.413 e. The number of rotatable bonds is 12. The third-order valence-corrected chi connectivity index (χ3v) is 7.85. The van der Waals surface area contributed by atoms with E-state index in [9.17, 15) is 23.1 Å². The number of aliphatic imine (C=N–C) groups is 1. The monoisotopic (exact) mass is 540 g/mol. The number of carboxylic acid groups (broad SMARTS) is 1. The van der Waals surface area contributed by atoms with Crippen molar-refractivity contribution in [3.8, 4) is 0 Å². The summed E-state index contributed by atoms with van der Waals surface area (Å²) in [6.45, 7) is 1.81. The summed E-state index contributed by atoms with van der Waals surface area (Å²) < 4.78 is 24.8. The van der Waals surface area contributed by atoms with Gasteiger partial charge < -0.3 is 15.7 Å². The Balaban J connectivity index is 1.34. The fourth-order valence-corrected chi connectivity index (χ4v) is 5.43. The number of hydrogen-bond donors (Lipinski definition) is 3. The average molecular weight is 541 g/mol. The molecule has 0 fully saturated rings. The first-order valence-electron chi connectivity index (χ1n) is 10.9. The number of sulfone groups is 1. The lowest BCUT2D eigenvalue weighted by atomic mass is 10.1. The van der Waals surface area contributed by atoms with Gasteiger partial charge in [0.15, 0.2) is 9.84 Å². The van der Waals surface area contributed by atoms with Gasteiger partial charge in [0, 0.05) is 18.5 Å². The highest BCUT2D eigenvalue weighted by atomic mass is 35.5. The van der Waals surface area contributed by atoms with Gasteiger partial charge in [-0.25, -0.2) is 13.2 Å². The molecule has 1 aliphatic heterocycles. The summed E-state index contributed by atoms with van der Waals surface area (Å²) in [5, 5.41) is 15.2. The summed E-state index contributed by atoms with van der Waals surface area (Å²) >= 11 is 11.9. The Hall–Kier alpha value is -2.50. The van der Waals surface area contributed by atoms with Crippen molar-refractivity contribution in [3.63, 3.8) is 0 Å². The molecular weight excluding hydrogens is 515 g/mol. The highest BCUT2D eigenvalue weighted by Gasteiger charge is 2.24. The zero-order chi connectivity index (χ0) is 25.4. The Kier molecular flexibility index (Phi) is 9.64. The summed E-state index contributed by atoms with van der Waals surface area (Å²) in [4.78, 5) is 28.8. The third-order valence-electron chi connectivity index (χ3n) is 5.32. The maximum Gasteiger partial charge on any atom is 0.413 e. The molecule has 3 rings (SSSR count). The van der Waals surface area contributed by atoms with Crippen molar-refractivity contribution in [2.75, 3.05) is 38.6 Å². The maximum atomic E-state index is 12.4. The quantitative estimate of drug-likeness (QED) is 0.353. The first kappa shape index (κ1) is 27.1. The SMILES string of the molecule is O=C(CCNCS(=O)(=O)c1cccc(Cl)c1Cl)CNCCc1ccc(C2=NCCN2C(=O)O)cc1. The van der Waals surface area contributed by atoms with Crippen molar-refractivity contribution in [3.05, 3.63) is 63.6 Å². The van der Waals surface area contributed by atoms with Crippen LogP contribution in [-0.4, -0.2) is 74.7 Å². The van der Waals surface area contributed by atoms with E-state index in [1.807, 2.05) is 24.3 Å². The fourth-order valence-electron chi connectivity index (χ4n) is 3.49. The number of hydrogen-bond acceptors (Lipinski definition) is 7. The minimum Gasteiger partial charge on any atom is -0.465 e. The number of halogens is 2. The van der Waals surface area contributed by atoms with Crippen LogP contribution >= 0.6 is 23.2 Å². The van der Waals surface area contributed by atoms with Crippen LogP contribution in [0.4, 0.5) is 4.79 Å². The minimum absolute atomic E-state index is 0.0135. The van der Waals surface area contributed by atoms with Crippen molar-refractivity contribution < 1.29 is 23.1 Å². The first-order valence-corrected chi connectivity index (χ1v) is 13.3. The minimum atomic E-state index is -3.67. The van der Waals surface area contributed by atoms with Crippen molar-refractivity contribution >= 4 is 50.8 Å². The van der Waals surface area contributed by atoms with Gasteiger partial charge in [-0.05, 0) is 30.7 Å². The van der Waals surface area contributed by atoms with Crippen molar-refractivity contribution in [2.24, 2.45) is 4.99 Å². The Labute approximate surface area is 214 Å². The Morgan fingerprint density at radius 1 is 1.06 bits per heavy atom. The van der Waals surface area contributed by atoms with Gasteiger partial charge in [-0.3, -0.25) is 14.7 Å². The van der Waals surface area contributed by atoms with Crippen LogP contribution in [0.3, 0.4) is 0 Å².